The van der Waals surface area contributed by atoms with E-state index in [0.717, 1.165) is 11.3 Å². The second-order valence-electron chi connectivity index (χ2n) is 4.57. The molecule has 3 N–H and O–H groups in total. The highest BCUT2D eigenvalue weighted by molar-refractivity contribution is 7.20. The predicted octanol–water partition coefficient (Wildman–Crippen LogP) is 0.797. The van der Waals surface area contributed by atoms with Gasteiger partial charge in [-0.05, 0) is 19.4 Å². The van der Waals surface area contributed by atoms with E-state index in [4.69, 9.17) is 0 Å². The van der Waals surface area contributed by atoms with Crippen LogP contribution in [-0.4, -0.2) is 57.6 Å². The number of aromatic carboxylic acids is 1. The minimum Gasteiger partial charge on any atom is -0.477 e. The summed E-state index contributed by atoms with van der Waals surface area (Å²) in [5, 5.41) is 28.3. The molecular weight excluding hydrogens is 294 g/mol. The van der Waals surface area contributed by atoms with Crippen LogP contribution in [0.1, 0.15) is 21.1 Å². The lowest BCUT2D eigenvalue weighted by molar-refractivity contribution is 0.0701. The van der Waals surface area contributed by atoms with Crippen LogP contribution in [0.3, 0.4) is 0 Å². The van der Waals surface area contributed by atoms with Gasteiger partial charge in [0.05, 0.1) is 18.6 Å². The van der Waals surface area contributed by atoms with E-state index < -0.39 is 5.97 Å². The smallest absolute Gasteiger partial charge is 0.346 e. The van der Waals surface area contributed by atoms with Gasteiger partial charge in [-0.25, -0.2) is 14.8 Å². The van der Waals surface area contributed by atoms with Gasteiger partial charge in [0, 0.05) is 13.1 Å². The van der Waals surface area contributed by atoms with Gasteiger partial charge in [0.1, 0.15) is 21.3 Å². The number of rotatable bonds is 6. The highest BCUT2D eigenvalue weighted by Crippen LogP contribution is 2.35. The van der Waals surface area contributed by atoms with Crippen LogP contribution in [0, 0.1) is 13.8 Å². The maximum absolute atomic E-state index is 11.3. The van der Waals surface area contributed by atoms with E-state index in [2.05, 4.69) is 9.97 Å². The summed E-state index contributed by atoms with van der Waals surface area (Å²) in [7, 11) is 0. The Bertz CT molecular complexity index is 665. The summed E-state index contributed by atoms with van der Waals surface area (Å²) in [6.45, 7) is 3.90. The first kappa shape index (κ1) is 15.6. The van der Waals surface area contributed by atoms with Gasteiger partial charge in [-0.2, -0.15) is 0 Å². The highest BCUT2D eigenvalue weighted by atomic mass is 32.1. The first-order valence-electron chi connectivity index (χ1n) is 6.47. The van der Waals surface area contributed by atoms with E-state index >= 15 is 0 Å². The van der Waals surface area contributed by atoms with Crippen LogP contribution in [0.4, 0.5) is 5.82 Å². The number of nitrogens with zero attached hydrogens (tertiary/aromatic N) is 3. The second kappa shape index (κ2) is 6.33. The average molecular weight is 311 g/mol. The van der Waals surface area contributed by atoms with Crippen molar-refractivity contribution in [1.29, 1.82) is 0 Å². The van der Waals surface area contributed by atoms with Gasteiger partial charge in [0.25, 0.3) is 0 Å². The fourth-order valence-electron chi connectivity index (χ4n) is 2.22. The molecule has 0 aliphatic heterocycles. The molecule has 2 rings (SSSR count). The summed E-state index contributed by atoms with van der Waals surface area (Å²) in [5.74, 6) is 0.0911. The number of hydrogen-bond acceptors (Lipinski definition) is 7. The van der Waals surface area contributed by atoms with Crippen LogP contribution in [0.2, 0.25) is 0 Å². The van der Waals surface area contributed by atoms with Crippen molar-refractivity contribution in [3.63, 3.8) is 0 Å². The third-order valence-corrected chi connectivity index (χ3v) is 4.29. The zero-order valence-corrected chi connectivity index (χ0v) is 12.6. The Labute approximate surface area is 125 Å². The molecule has 114 valence electrons. The number of aryl methyl sites for hydroxylation is 2. The standard InChI is InChI=1S/C13H17N3O4S/c1-7-9-11(16(3-5-17)4-6-18)14-8(2)15-12(9)21-10(7)13(19)20/h17-18H,3-6H2,1-2H3,(H,19,20). The Morgan fingerprint density at radius 2 is 1.81 bits per heavy atom. The predicted molar refractivity (Wildman–Crippen MR) is 80.2 cm³/mol. The zero-order chi connectivity index (χ0) is 15.6. The Balaban J connectivity index is 2.68. The number of carboxylic acid groups (broad SMARTS) is 1. The summed E-state index contributed by atoms with van der Waals surface area (Å²) in [6.07, 6.45) is 0. The molecule has 0 aromatic carbocycles. The minimum atomic E-state index is -0.991. The van der Waals surface area contributed by atoms with Gasteiger partial charge in [0.2, 0.25) is 0 Å². The lowest BCUT2D eigenvalue weighted by Crippen LogP contribution is -2.31. The summed E-state index contributed by atoms with van der Waals surface area (Å²) >= 11 is 1.11. The van der Waals surface area contributed by atoms with E-state index in [9.17, 15) is 20.1 Å². The van der Waals surface area contributed by atoms with Crippen LogP contribution >= 0.6 is 11.3 Å². The number of carbonyl (C=O) groups is 1. The second-order valence-corrected chi connectivity index (χ2v) is 5.57. The van der Waals surface area contributed by atoms with Gasteiger partial charge >= 0.3 is 5.97 Å². The molecule has 21 heavy (non-hydrogen) atoms. The molecule has 0 unspecified atom stereocenters. The van der Waals surface area contributed by atoms with E-state index in [1.54, 1.807) is 18.7 Å². The molecule has 0 amide bonds. The molecule has 2 aromatic heterocycles. The monoisotopic (exact) mass is 311 g/mol. The first-order chi connectivity index (χ1) is 9.99. The molecule has 2 aromatic rings. The number of aromatic nitrogens is 2. The van der Waals surface area contributed by atoms with Crippen molar-refractivity contribution in [3.05, 3.63) is 16.3 Å². The van der Waals surface area contributed by atoms with E-state index in [0.29, 0.717) is 40.5 Å². The third kappa shape index (κ3) is 2.97. The highest BCUT2D eigenvalue weighted by Gasteiger charge is 2.22. The van der Waals surface area contributed by atoms with E-state index in [-0.39, 0.29) is 18.1 Å². The molecule has 0 bridgehead atoms. The van der Waals surface area contributed by atoms with Crippen LogP contribution < -0.4 is 4.90 Å². The topological polar surface area (TPSA) is 107 Å². The molecule has 0 radical (unpaired) electrons. The molecule has 2 heterocycles. The van der Waals surface area contributed by atoms with Crippen molar-refractivity contribution in [3.8, 4) is 0 Å². The van der Waals surface area contributed by atoms with Gasteiger partial charge < -0.3 is 20.2 Å². The fourth-order valence-corrected chi connectivity index (χ4v) is 3.28. The summed E-state index contributed by atoms with van der Waals surface area (Å²) in [4.78, 5) is 22.5. The van der Waals surface area contributed by atoms with Gasteiger partial charge in [-0.1, -0.05) is 0 Å². The number of anilines is 1. The molecule has 0 spiro atoms. The van der Waals surface area contributed by atoms with Gasteiger partial charge in [-0.3, -0.25) is 0 Å². The lowest BCUT2D eigenvalue weighted by Gasteiger charge is -2.23. The normalized spacial score (nSPS) is 11.0. The number of thiophene rings is 1. The first-order valence-corrected chi connectivity index (χ1v) is 7.29. The summed E-state index contributed by atoms with van der Waals surface area (Å²) < 4.78 is 0. The SMILES string of the molecule is Cc1nc(N(CCO)CCO)c2c(C)c(C(=O)O)sc2n1. The van der Waals surface area contributed by atoms with Crippen LogP contribution in [0.5, 0.6) is 0 Å². The number of fused-ring (bicyclic) bond motifs is 1. The summed E-state index contributed by atoms with van der Waals surface area (Å²) in [5.41, 5.74) is 0.610. The van der Waals surface area contributed by atoms with E-state index in [1.165, 1.54) is 0 Å². The fraction of sp³-hybridized carbons (Fsp3) is 0.462. The molecule has 0 aliphatic carbocycles. The molecule has 0 fully saturated rings. The molecule has 7 nitrogen and oxygen atoms in total. The number of aliphatic hydroxyl groups excluding tert-OH is 2. The van der Waals surface area contributed by atoms with Crippen molar-refractivity contribution in [2.45, 2.75) is 13.8 Å². The van der Waals surface area contributed by atoms with E-state index in [1.807, 2.05) is 0 Å². The molecule has 0 atom stereocenters. The van der Waals surface area contributed by atoms with Crippen molar-refractivity contribution in [2.75, 3.05) is 31.2 Å². The molecule has 0 saturated heterocycles. The molecule has 0 aliphatic rings. The average Bonchev–Trinajstić information content (AvgIpc) is 2.75. The van der Waals surface area contributed by atoms with Crippen LogP contribution in [0.25, 0.3) is 10.2 Å². The van der Waals surface area contributed by atoms with Gasteiger partial charge in [-0.15, -0.1) is 11.3 Å². The molecule has 8 heteroatoms. The Morgan fingerprint density at radius 1 is 1.19 bits per heavy atom. The quantitative estimate of drug-likeness (QED) is 0.724. The minimum absolute atomic E-state index is 0.0838. The van der Waals surface area contributed by atoms with Crippen molar-refractivity contribution >= 4 is 33.3 Å². The number of carboxylic acids is 1. The number of hydrogen-bond donors (Lipinski definition) is 3. The van der Waals surface area contributed by atoms with Crippen molar-refractivity contribution in [1.82, 2.24) is 9.97 Å². The Morgan fingerprint density at radius 3 is 2.33 bits per heavy atom. The molecular formula is C13H17N3O4S. The zero-order valence-electron chi connectivity index (χ0n) is 11.8. The van der Waals surface area contributed by atoms with Crippen LogP contribution in [-0.2, 0) is 0 Å². The Hall–Kier alpha value is -1.77. The van der Waals surface area contributed by atoms with Crippen molar-refractivity contribution < 1.29 is 20.1 Å². The Kier molecular flexibility index (Phi) is 4.71. The largest absolute Gasteiger partial charge is 0.477 e. The number of aliphatic hydroxyl groups is 2. The molecule has 0 saturated carbocycles. The maximum Gasteiger partial charge on any atom is 0.346 e. The van der Waals surface area contributed by atoms with Gasteiger partial charge in [0.15, 0.2) is 0 Å². The maximum atomic E-state index is 11.3. The van der Waals surface area contributed by atoms with Crippen molar-refractivity contribution in [2.24, 2.45) is 0 Å². The van der Waals surface area contributed by atoms with Crippen LogP contribution in [0.15, 0.2) is 0 Å². The lowest BCUT2D eigenvalue weighted by atomic mass is 10.2. The third-order valence-electron chi connectivity index (χ3n) is 3.12. The summed E-state index contributed by atoms with van der Waals surface area (Å²) in [6, 6.07) is 0.